The summed E-state index contributed by atoms with van der Waals surface area (Å²) in [7, 11) is 0. The normalized spacial score (nSPS) is 28.0. The number of hydrogen-bond acceptors (Lipinski definition) is 2. The largest absolute Gasteiger partial charge is 0.493 e. The monoisotopic (exact) mass is 352 g/mol. The predicted molar refractivity (Wildman–Crippen MR) is 84.7 cm³/mol. The molecule has 0 radical (unpaired) electrons. The van der Waals surface area contributed by atoms with Gasteiger partial charge >= 0.3 is 5.97 Å². The molecular formula is C17H21BrO3. The van der Waals surface area contributed by atoms with Crippen molar-refractivity contribution in [3.8, 4) is 5.75 Å². The van der Waals surface area contributed by atoms with Crippen LogP contribution in [0.15, 0.2) is 16.6 Å². The van der Waals surface area contributed by atoms with Crippen LogP contribution in [0.5, 0.6) is 5.75 Å². The summed E-state index contributed by atoms with van der Waals surface area (Å²) in [6.45, 7) is 2.87. The molecule has 1 aliphatic carbocycles. The summed E-state index contributed by atoms with van der Waals surface area (Å²) in [5.41, 5.74) is 1.62. The average molecular weight is 353 g/mol. The van der Waals surface area contributed by atoms with Gasteiger partial charge < -0.3 is 9.84 Å². The van der Waals surface area contributed by atoms with Crippen LogP contribution in [-0.2, 0) is 17.6 Å². The molecule has 1 fully saturated rings. The van der Waals surface area contributed by atoms with E-state index in [9.17, 15) is 9.90 Å². The van der Waals surface area contributed by atoms with E-state index in [1.807, 2.05) is 6.07 Å². The number of halogens is 1. The van der Waals surface area contributed by atoms with Gasteiger partial charge in [-0.2, -0.15) is 0 Å². The Balaban J connectivity index is 1.96. The van der Waals surface area contributed by atoms with Crippen molar-refractivity contribution in [2.24, 2.45) is 11.3 Å². The Kier molecular flexibility index (Phi) is 4.00. The van der Waals surface area contributed by atoms with E-state index in [1.165, 1.54) is 5.56 Å². The molecule has 1 aromatic rings. The van der Waals surface area contributed by atoms with Crippen LogP contribution in [0.3, 0.4) is 0 Å². The van der Waals surface area contributed by atoms with Crippen LogP contribution in [0.4, 0.5) is 0 Å². The minimum Gasteiger partial charge on any atom is -0.493 e. The van der Waals surface area contributed by atoms with Crippen molar-refractivity contribution in [3.05, 3.63) is 27.7 Å². The van der Waals surface area contributed by atoms with E-state index < -0.39 is 11.4 Å². The Hall–Kier alpha value is -1.03. The molecular weight excluding hydrogens is 332 g/mol. The third-order valence-corrected chi connectivity index (χ3v) is 5.36. The number of ether oxygens (including phenoxy) is 1. The highest BCUT2D eigenvalue weighted by atomic mass is 79.9. The Morgan fingerprint density at radius 3 is 3.05 bits per heavy atom. The summed E-state index contributed by atoms with van der Waals surface area (Å²) in [6, 6.07) is 4.12. The lowest BCUT2D eigenvalue weighted by Crippen LogP contribution is -2.38. The quantitative estimate of drug-likeness (QED) is 0.886. The summed E-state index contributed by atoms with van der Waals surface area (Å²) in [5, 5.41) is 9.83. The molecule has 1 heterocycles. The molecule has 0 bridgehead atoms. The van der Waals surface area contributed by atoms with Gasteiger partial charge in [0, 0.05) is 10.9 Å². The summed E-state index contributed by atoms with van der Waals surface area (Å²) in [5.74, 6) is 0.758. The van der Waals surface area contributed by atoms with Crippen LogP contribution < -0.4 is 4.74 Å². The molecule has 0 saturated heterocycles. The van der Waals surface area contributed by atoms with Gasteiger partial charge in [0.2, 0.25) is 0 Å². The second kappa shape index (κ2) is 5.64. The summed E-state index contributed by atoms with van der Waals surface area (Å²) in [4.78, 5) is 12.0. The lowest BCUT2D eigenvalue weighted by molar-refractivity contribution is -0.152. The van der Waals surface area contributed by atoms with Gasteiger partial charge in [0.15, 0.2) is 0 Å². The molecule has 1 aromatic carbocycles. The first-order chi connectivity index (χ1) is 10.00. The SMILES string of the molecule is CC1CCCC(Cc2cc(Br)cc3c2OCC3)(C(=O)O)C1. The fraction of sp³-hybridized carbons (Fsp3) is 0.588. The van der Waals surface area contributed by atoms with Crippen molar-refractivity contribution in [1.82, 2.24) is 0 Å². The minimum atomic E-state index is -0.652. The van der Waals surface area contributed by atoms with E-state index >= 15 is 0 Å². The number of carboxylic acid groups (broad SMARTS) is 1. The lowest BCUT2D eigenvalue weighted by Gasteiger charge is -2.36. The van der Waals surface area contributed by atoms with Crippen LogP contribution in [0.2, 0.25) is 0 Å². The Labute approximate surface area is 133 Å². The molecule has 3 rings (SSSR count). The van der Waals surface area contributed by atoms with Gasteiger partial charge in [-0.3, -0.25) is 4.79 Å². The average Bonchev–Trinajstić information content (AvgIpc) is 2.86. The van der Waals surface area contributed by atoms with Crippen molar-refractivity contribution < 1.29 is 14.6 Å². The highest BCUT2D eigenvalue weighted by Crippen LogP contribution is 2.45. The molecule has 0 aromatic heterocycles. The number of fused-ring (bicyclic) bond motifs is 1. The van der Waals surface area contributed by atoms with Gasteiger partial charge in [-0.15, -0.1) is 0 Å². The van der Waals surface area contributed by atoms with Crippen molar-refractivity contribution in [2.45, 2.75) is 45.4 Å². The Morgan fingerprint density at radius 2 is 2.33 bits per heavy atom. The van der Waals surface area contributed by atoms with Gasteiger partial charge in [0.05, 0.1) is 12.0 Å². The number of aliphatic carboxylic acids is 1. The molecule has 0 spiro atoms. The number of carbonyl (C=O) groups is 1. The molecule has 3 nitrogen and oxygen atoms in total. The van der Waals surface area contributed by atoms with Crippen molar-refractivity contribution in [3.63, 3.8) is 0 Å². The van der Waals surface area contributed by atoms with Crippen LogP contribution in [0.25, 0.3) is 0 Å². The number of hydrogen-bond donors (Lipinski definition) is 1. The number of rotatable bonds is 3. The van der Waals surface area contributed by atoms with E-state index in [4.69, 9.17) is 4.74 Å². The topological polar surface area (TPSA) is 46.5 Å². The first kappa shape index (κ1) is 14.9. The van der Waals surface area contributed by atoms with Gasteiger partial charge in [0.25, 0.3) is 0 Å². The second-order valence-corrected chi connectivity index (χ2v) is 7.53. The zero-order valence-electron chi connectivity index (χ0n) is 12.3. The molecule has 114 valence electrons. The molecule has 2 atom stereocenters. The van der Waals surface area contributed by atoms with Gasteiger partial charge in [-0.1, -0.05) is 35.7 Å². The van der Waals surface area contributed by atoms with Crippen molar-refractivity contribution >= 4 is 21.9 Å². The van der Waals surface area contributed by atoms with Gasteiger partial charge in [0.1, 0.15) is 5.75 Å². The number of carboxylic acids is 1. The maximum atomic E-state index is 12.0. The first-order valence-electron chi connectivity index (χ1n) is 7.68. The highest BCUT2D eigenvalue weighted by molar-refractivity contribution is 9.10. The molecule has 21 heavy (non-hydrogen) atoms. The zero-order chi connectivity index (χ0) is 15.0. The van der Waals surface area contributed by atoms with Gasteiger partial charge in [-0.05, 0) is 48.4 Å². The smallest absolute Gasteiger partial charge is 0.309 e. The number of benzene rings is 1. The molecule has 1 saturated carbocycles. The minimum absolute atomic E-state index is 0.482. The molecule has 1 N–H and O–H groups in total. The van der Waals surface area contributed by atoms with E-state index in [-0.39, 0.29) is 0 Å². The fourth-order valence-electron chi connectivity index (χ4n) is 3.93. The third-order valence-electron chi connectivity index (χ3n) is 4.90. The standard InChI is InChI=1S/C17H21BrO3/c1-11-3-2-5-17(9-11,16(19)20)10-13-8-14(18)7-12-4-6-21-15(12)13/h7-8,11H,2-6,9-10H2,1H3,(H,19,20). The molecule has 2 aliphatic rings. The molecule has 1 aliphatic heterocycles. The van der Waals surface area contributed by atoms with Gasteiger partial charge in [-0.25, -0.2) is 0 Å². The van der Waals surface area contributed by atoms with Crippen molar-refractivity contribution in [2.75, 3.05) is 6.61 Å². The Morgan fingerprint density at radius 1 is 1.52 bits per heavy atom. The van der Waals surface area contributed by atoms with Crippen LogP contribution in [-0.4, -0.2) is 17.7 Å². The van der Waals surface area contributed by atoms with E-state index in [0.29, 0.717) is 18.9 Å². The predicted octanol–water partition coefficient (Wildman–Crippen LogP) is 4.21. The lowest BCUT2D eigenvalue weighted by atomic mass is 9.67. The summed E-state index contributed by atoms with van der Waals surface area (Å²) in [6.07, 6.45) is 5.18. The van der Waals surface area contributed by atoms with E-state index in [0.717, 1.165) is 47.9 Å². The zero-order valence-corrected chi connectivity index (χ0v) is 13.9. The van der Waals surface area contributed by atoms with E-state index in [2.05, 4.69) is 28.9 Å². The maximum Gasteiger partial charge on any atom is 0.309 e. The maximum absolute atomic E-state index is 12.0. The van der Waals surface area contributed by atoms with Crippen molar-refractivity contribution in [1.29, 1.82) is 0 Å². The third kappa shape index (κ3) is 2.83. The summed E-state index contributed by atoms with van der Waals surface area (Å²) >= 11 is 3.54. The molecule has 4 heteroatoms. The molecule has 0 amide bonds. The van der Waals surface area contributed by atoms with Crippen LogP contribution in [0.1, 0.15) is 43.7 Å². The molecule has 2 unspecified atom stereocenters. The van der Waals surface area contributed by atoms with E-state index in [1.54, 1.807) is 0 Å². The fourth-order valence-corrected chi connectivity index (χ4v) is 4.49. The highest BCUT2D eigenvalue weighted by Gasteiger charge is 2.42. The first-order valence-corrected chi connectivity index (χ1v) is 8.47. The van der Waals surface area contributed by atoms with Crippen LogP contribution >= 0.6 is 15.9 Å². The second-order valence-electron chi connectivity index (χ2n) is 6.62. The Bertz CT molecular complexity index is 569. The summed E-state index contributed by atoms with van der Waals surface area (Å²) < 4.78 is 6.78. The van der Waals surface area contributed by atoms with Crippen LogP contribution in [0, 0.1) is 11.3 Å².